The van der Waals surface area contributed by atoms with Gasteiger partial charge in [-0.2, -0.15) is 0 Å². The Balaban J connectivity index is 2.46. The summed E-state index contributed by atoms with van der Waals surface area (Å²) in [5, 5.41) is 8.68. The number of hydrogen-bond donors (Lipinski definition) is 2. The van der Waals surface area contributed by atoms with E-state index in [2.05, 4.69) is 9.88 Å². The van der Waals surface area contributed by atoms with Gasteiger partial charge in [-0.3, -0.25) is 0 Å². The lowest BCUT2D eigenvalue weighted by atomic mass is 10.2. The van der Waals surface area contributed by atoms with Crippen molar-refractivity contribution in [1.29, 1.82) is 0 Å². The summed E-state index contributed by atoms with van der Waals surface area (Å²) >= 11 is 4.87. The van der Waals surface area contributed by atoms with E-state index >= 15 is 0 Å². The van der Waals surface area contributed by atoms with Crippen LogP contribution in [-0.4, -0.2) is 35.3 Å². The molecule has 94 valence electrons. The number of anilines is 1. The molecule has 0 aromatic carbocycles. The molecule has 0 unspecified atom stereocenters. The summed E-state index contributed by atoms with van der Waals surface area (Å²) < 4.78 is 0. The fourth-order valence-electron chi connectivity index (χ4n) is 1.51. The van der Waals surface area contributed by atoms with Crippen molar-refractivity contribution in [3.05, 3.63) is 23.9 Å². The second-order valence-corrected chi connectivity index (χ2v) is 4.41. The first kappa shape index (κ1) is 13.9. The van der Waals surface area contributed by atoms with Crippen molar-refractivity contribution in [2.45, 2.75) is 19.3 Å². The van der Waals surface area contributed by atoms with Crippen LogP contribution in [-0.2, 0) is 0 Å². The van der Waals surface area contributed by atoms with E-state index in [-0.39, 0.29) is 6.61 Å². The molecule has 0 aliphatic carbocycles. The lowest BCUT2D eigenvalue weighted by Crippen LogP contribution is -2.20. The van der Waals surface area contributed by atoms with Gasteiger partial charge in [-0.05, 0) is 31.4 Å². The number of pyridine rings is 1. The van der Waals surface area contributed by atoms with Gasteiger partial charge in [0, 0.05) is 32.0 Å². The SMILES string of the molecule is CN(CCCCCO)c1ccc(C(N)=S)cn1. The zero-order chi connectivity index (χ0) is 12.7. The lowest BCUT2D eigenvalue weighted by Gasteiger charge is -2.18. The Morgan fingerprint density at radius 3 is 2.71 bits per heavy atom. The molecule has 1 rings (SSSR count). The summed E-state index contributed by atoms with van der Waals surface area (Å²) in [7, 11) is 2.00. The third kappa shape index (κ3) is 4.66. The molecule has 3 N–H and O–H groups in total. The smallest absolute Gasteiger partial charge is 0.128 e. The highest BCUT2D eigenvalue weighted by Gasteiger charge is 2.03. The van der Waals surface area contributed by atoms with Crippen molar-refractivity contribution in [3.8, 4) is 0 Å². The average Bonchev–Trinajstić information content (AvgIpc) is 2.34. The number of unbranched alkanes of at least 4 members (excludes halogenated alkanes) is 2. The average molecular weight is 253 g/mol. The summed E-state index contributed by atoms with van der Waals surface area (Å²) in [4.78, 5) is 6.76. The molecule has 1 aromatic heterocycles. The molecule has 1 heterocycles. The van der Waals surface area contributed by atoms with Crippen LogP contribution < -0.4 is 10.6 Å². The lowest BCUT2D eigenvalue weighted by molar-refractivity contribution is 0.283. The molecule has 1 aromatic rings. The Kier molecular flexibility index (Phi) is 5.86. The van der Waals surface area contributed by atoms with Gasteiger partial charge < -0.3 is 15.7 Å². The van der Waals surface area contributed by atoms with E-state index in [0.717, 1.165) is 37.2 Å². The Bertz CT molecular complexity index is 353. The Labute approximate surface area is 107 Å². The first-order valence-corrected chi connectivity index (χ1v) is 6.14. The molecular weight excluding hydrogens is 234 g/mol. The largest absolute Gasteiger partial charge is 0.396 e. The van der Waals surface area contributed by atoms with Crippen molar-refractivity contribution < 1.29 is 5.11 Å². The number of thiocarbonyl (C=S) groups is 1. The van der Waals surface area contributed by atoms with Crippen molar-refractivity contribution in [2.24, 2.45) is 5.73 Å². The van der Waals surface area contributed by atoms with Gasteiger partial charge in [0.2, 0.25) is 0 Å². The number of rotatable bonds is 7. The van der Waals surface area contributed by atoms with Gasteiger partial charge in [-0.15, -0.1) is 0 Å². The van der Waals surface area contributed by atoms with E-state index in [9.17, 15) is 0 Å². The predicted octanol–water partition coefficient (Wildman–Crippen LogP) is 1.31. The van der Waals surface area contributed by atoms with Gasteiger partial charge in [-0.25, -0.2) is 4.98 Å². The summed E-state index contributed by atoms with van der Waals surface area (Å²) in [6.07, 6.45) is 4.64. The molecule has 0 fully saturated rings. The van der Waals surface area contributed by atoms with Crippen LogP contribution in [0.5, 0.6) is 0 Å². The minimum atomic E-state index is 0.268. The quantitative estimate of drug-likeness (QED) is 0.567. The molecule has 0 atom stereocenters. The number of hydrogen-bond acceptors (Lipinski definition) is 4. The van der Waals surface area contributed by atoms with E-state index in [1.54, 1.807) is 6.20 Å². The fraction of sp³-hybridized carbons (Fsp3) is 0.500. The van der Waals surface area contributed by atoms with Crippen molar-refractivity contribution in [3.63, 3.8) is 0 Å². The highest BCUT2D eigenvalue weighted by atomic mass is 32.1. The molecule has 5 heteroatoms. The molecule has 0 radical (unpaired) electrons. The van der Waals surface area contributed by atoms with Crippen LogP contribution in [0.3, 0.4) is 0 Å². The van der Waals surface area contributed by atoms with Gasteiger partial charge in [0.1, 0.15) is 10.8 Å². The van der Waals surface area contributed by atoms with Crippen LogP contribution in [0.2, 0.25) is 0 Å². The van der Waals surface area contributed by atoms with E-state index in [4.69, 9.17) is 23.1 Å². The standard InChI is InChI=1S/C12H19N3OS/c1-15(7-3-2-4-8-16)11-6-5-10(9-14-11)12(13)17/h5-6,9,16H,2-4,7-8H2,1H3,(H2,13,17). The van der Waals surface area contributed by atoms with E-state index in [1.807, 2.05) is 19.2 Å². The Morgan fingerprint density at radius 1 is 1.41 bits per heavy atom. The first-order chi connectivity index (χ1) is 8.15. The van der Waals surface area contributed by atoms with Gasteiger partial charge in [0.05, 0.1) is 0 Å². The van der Waals surface area contributed by atoms with Crippen LogP contribution in [0.4, 0.5) is 5.82 Å². The molecule has 4 nitrogen and oxygen atoms in total. The third-order valence-electron chi connectivity index (χ3n) is 2.58. The second kappa shape index (κ2) is 7.19. The Morgan fingerprint density at radius 2 is 2.18 bits per heavy atom. The van der Waals surface area contributed by atoms with Crippen LogP contribution >= 0.6 is 12.2 Å². The maximum atomic E-state index is 8.68. The highest BCUT2D eigenvalue weighted by Crippen LogP contribution is 2.10. The highest BCUT2D eigenvalue weighted by molar-refractivity contribution is 7.80. The summed E-state index contributed by atoms with van der Waals surface area (Å²) in [6.45, 7) is 1.20. The summed E-state index contributed by atoms with van der Waals surface area (Å²) in [5.74, 6) is 0.911. The van der Waals surface area contributed by atoms with Crippen molar-refractivity contribution >= 4 is 23.0 Å². The number of nitrogens with zero attached hydrogens (tertiary/aromatic N) is 2. The molecule has 0 saturated carbocycles. The first-order valence-electron chi connectivity index (χ1n) is 5.73. The van der Waals surface area contributed by atoms with Crippen LogP contribution in [0.1, 0.15) is 24.8 Å². The van der Waals surface area contributed by atoms with Gasteiger partial charge in [0.25, 0.3) is 0 Å². The van der Waals surface area contributed by atoms with Gasteiger partial charge >= 0.3 is 0 Å². The topological polar surface area (TPSA) is 62.4 Å². The number of aliphatic hydroxyl groups is 1. The fourth-order valence-corrected chi connectivity index (χ4v) is 1.63. The zero-order valence-electron chi connectivity index (χ0n) is 10.1. The third-order valence-corrected chi connectivity index (χ3v) is 2.81. The van der Waals surface area contributed by atoms with E-state index in [1.165, 1.54) is 0 Å². The predicted molar refractivity (Wildman–Crippen MR) is 74.3 cm³/mol. The maximum Gasteiger partial charge on any atom is 0.128 e. The summed E-state index contributed by atoms with van der Waals surface area (Å²) in [6, 6.07) is 3.80. The van der Waals surface area contributed by atoms with Crippen LogP contribution in [0.25, 0.3) is 0 Å². The molecule has 0 spiro atoms. The van der Waals surface area contributed by atoms with Crippen LogP contribution in [0, 0.1) is 0 Å². The van der Waals surface area contributed by atoms with Crippen molar-refractivity contribution in [2.75, 3.05) is 25.1 Å². The van der Waals surface area contributed by atoms with Gasteiger partial charge in [-0.1, -0.05) is 12.2 Å². The minimum absolute atomic E-state index is 0.268. The Hall–Kier alpha value is -1.20. The molecule has 0 aliphatic heterocycles. The summed E-state index contributed by atoms with van der Waals surface area (Å²) in [5.41, 5.74) is 6.30. The molecule has 17 heavy (non-hydrogen) atoms. The normalized spacial score (nSPS) is 10.2. The molecular formula is C12H19N3OS. The number of nitrogens with two attached hydrogens (primary N) is 1. The van der Waals surface area contributed by atoms with Crippen LogP contribution in [0.15, 0.2) is 18.3 Å². The minimum Gasteiger partial charge on any atom is -0.396 e. The van der Waals surface area contributed by atoms with Crippen molar-refractivity contribution in [1.82, 2.24) is 4.98 Å². The maximum absolute atomic E-state index is 8.68. The van der Waals surface area contributed by atoms with E-state index < -0.39 is 0 Å². The number of aromatic nitrogens is 1. The second-order valence-electron chi connectivity index (χ2n) is 3.98. The number of aliphatic hydroxyl groups excluding tert-OH is 1. The molecule has 0 amide bonds. The van der Waals surface area contributed by atoms with Gasteiger partial charge in [0.15, 0.2) is 0 Å². The zero-order valence-corrected chi connectivity index (χ0v) is 10.9. The molecule has 0 saturated heterocycles. The molecule has 0 bridgehead atoms. The monoisotopic (exact) mass is 253 g/mol. The van der Waals surface area contributed by atoms with E-state index in [0.29, 0.717) is 4.99 Å². The molecule has 0 aliphatic rings.